The van der Waals surface area contributed by atoms with E-state index < -0.39 is 0 Å². The van der Waals surface area contributed by atoms with Crippen molar-refractivity contribution in [3.8, 4) is 0 Å². The summed E-state index contributed by atoms with van der Waals surface area (Å²) in [4.78, 5) is 11.6. The number of piperidine rings is 1. The van der Waals surface area contributed by atoms with Gasteiger partial charge in [-0.3, -0.25) is 0 Å². The highest BCUT2D eigenvalue weighted by Gasteiger charge is 2.12. The molecule has 6 heteroatoms. The predicted octanol–water partition coefficient (Wildman–Crippen LogP) is 3.15. The van der Waals surface area contributed by atoms with Gasteiger partial charge in [0.2, 0.25) is 0 Å². The van der Waals surface area contributed by atoms with E-state index in [9.17, 15) is 0 Å². The molecule has 0 saturated carbocycles. The molecule has 0 aromatic carbocycles. The minimum Gasteiger partial charge on any atom is -0.357 e. The average molecular weight is 431 g/mol. The number of rotatable bonds is 5. The lowest BCUT2D eigenvalue weighted by Gasteiger charge is -2.27. The Morgan fingerprint density at radius 1 is 1.30 bits per heavy atom. The first-order valence-electron chi connectivity index (χ1n) is 8.43. The minimum atomic E-state index is 0. The third-order valence-electron chi connectivity index (χ3n) is 3.68. The zero-order chi connectivity index (χ0) is 15.8. The number of pyridine rings is 1. The lowest BCUT2D eigenvalue weighted by atomic mass is 10.1. The maximum atomic E-state index is 4.66. The molecule has 1 aliphatic heterocycles. The number of anilines is 1. The van der Waals surface area contributed by atoms with E-state index in [0.29, 0.717) is 12.6 Å². The quantitative estimate of drug-likeness (QED) is 0.427. The Kier molecular flexibility index (Phi) is 9.28. The maximum absolute atomic E-state index is 4.66. The highest BCUT2D eigenvalue weighted by molar-refractivity contribution is 14.0. The minimum absolute atomic E-state index is 0. The molecule has 1 fully saturated rings. The highest BCUT2D eigenvalue weighted by atomic mass is 127. The average Bonchev–Trinajstić information content (AvgIpc) is 2.53. The molecule has 2 N–H and O–H groups in total. The van der Waals surface area contributed by atoms with E-state index in [1.807, 2.05) is 6.20 Å². The lowest BCUT2D eigenvalue weighted by molar-refractivity contribution is 0.573. The fraction of sp³-hybridized carbons (Fsp3) is 0.647. The van der Waals surface area contributed by atoms with Crippen molar-refractivity contribution < 1.29 is 0 Å². The van der Waals surface area contributed by atoms with Crippen molar-refractivity contribution in [3.05, 3.63) is 23.9 Å². The third kappa shape index (κ3) is 6.93. The van der Waals surface area contributed by atoms with Crippen LogP contribution in [0.1, 0.15) is 45.6 Å². The van der Waals surface area contributed by atoms with E-state index in [-0.39, 0.29) is 24.0 Å². The Bertz CT molecular complexity index is 484. The Morgan fingerprint density at radius 2 is 2.04 bits per heavy atom. The molecule has 0 spiro atoms. The van der Waals surface area contributed by atoms with E-state index in [2.05, 4.69) is 58.4 Å². The number of nitrogens with one attached hydrogen (secondary N) is 2. The number of guanidine groups is 1. The fourth-order valence-electron chi connectivity index (χ4n) is 2.62. The van der Waals surface area contributed by atoms with Gasteiger partial charge in [-0.05, 0) is 57.7 Å². The lowest BCUT2D eigenvalue weighted by Crippen LogP contribution is -2.41. The van der Waals surface area contributed by atoms with Crippen molar-refractivity contribution >= 4 is 35.8 Å². The van der Waals surface area contributed by atoms with Gasteiger partial charge in [-0.25, -0.2) is 9.98 Å². The number of halogens is 1. The van der Waals surface area contributed by atoms with Crippen LogP contribution in [0, 0.1) is 0 Å². The summed E-state index contributed by atoms with van der Waals surface area (Å²) in [6.07, 6.45) is 5.78. The number of hydrogen-bond acceptors (Lipinski definition) is 3. The molecule has 0 aliphatic carbocycles. The van der Waals surface area contributed by atoms with E-state index in [1.54, 1.807) is 0 Å². The molecule has 23 heavy (non-hydrogen) atoms. The van der Waals surface area contributed by atoms with Crippen molar-refractivity contribution in [3.63, 3.8) is 0 Å². The van der Waals surface area contributed by atoms with Gasteiger partial charge in [0.25, 0.3) is 0 Å². The van der Waals surface area contributed by atoms with Gasteiger partial charge in [-0.15, -0.1) is 24.0 Å². The molecular weight excluding hydrogens is 401 g/mol. The first-order chi connectivity index (χ1) is 10.7. The van der Waals surface area contributed by atoms with Crippen LogP contribution in [0.5, 0.6) is 0 Å². The monoisotopic (exact) mass is 431 g/mol. The summed E-state index contributed by atoms with van der Waals surface area (Å²) in [7, 11) is 0. The summed E-state index contributed by atoms with van der Waals surface area (Å²) >= 11 is 0. The summed E-state index contributed by atoms with van der Waals surface area (Å²) in [5, 5.41) is 6.62. The topological polar surface area (TPSA) is 52.6 Å². The molecule has 1 aliphatic rings. The van der Waals surface area contributed by atoms with Gasteiger partial charge in [-0.1, -0.05) is 0 Å². The zero-order valence-electron chi connectivity index (χ0n) is 14.5. The van der Waals surface area contributed by atoms with Crippen molar-refractivity contribution in [2.24, 2.45) is 4.99 Å². The van der Waals surface area contributed by atoms with Gasteiger partial charge in [0, 0.05) is 31.9 Å². The molecule has 5 nitrogen and oxygen atoms in total. The van der Waals surface area contributed by atoms with Crippen molar-refractivity contribution in [1.82, 2.24) is 15.6 Å². The molecule has 0 amide bonds. The van der Waals surface area contributed by atoms with Crippen LogP contribution in [0.15, 0.2) is 23.3 Å². The van der Waals surface area contributed by atoms with Crippen LogP contribution in [0.4, 0.5) is 5.82 Å². The molecule has 1 aromatic heterocycles. The second kappa shape index (κ2) is 10.7. The van der Waals surface area contributed by atoms with Crippen molar-refractivity contribution in [1.29, 1.82) is 0 Å². The second-order valence-electron chi connectivity index (χ2n) is 6.06. The Labute approximate surface area is 157 Å². The predicted molar refractivity (Wildman–Crippen MR) is 109 cm³/mol. The van der Waals surface area contributed by atoms with Crippen LogP contribution in [0.2, 0.25) is 0 Å². The molecule has 1 aromatic rings. The summed E-state index contributed by atoms with van der Waals surface area (Å²) in [5.74, 6) is 1.96. The summed E-state index contributed by atoms with van der Waals surface area (Å²) < 4.78 is 0. The highest BCUT2D eigenvalue weighted by Crippen LogP contribution is 2.18. The van der Waals surface area contributed by atoms with E-state index in [0.717, 1.165) is 31.4 Å². The molecule has 2 heterocycles. The largest absolute Gasteiger partial charge is 0.357 e. The summed E-state index contributed by atoms with van der Waals surface area (Å²) in [6, 6.07) is 4.60. The Balaban J connectivity index is 0.00000264. The fourth-order valence-corrected chi connectivity index (χ4v) is 2.62. The SMILES string of the molecule is CCNC(=NCc1ccnc(N2CCCCC2)c1)NC(C)C.I. The molecule has 0 bridgehead atoms. The van der Waals surface area contributed by atoms with Gasteiger partial charge < -0.3 is 15.5 Å². The Hall–Kier alpha value is -1.05. The maximum Gasteiger partial charge on any atom is 0.191 e. The number of aliphatic imine (C=N–C) groups is 1. The molecule has 0 atom stereocenters. The molecular formula is C17H30IN5. The van der Waals surface area contributed by atoms with Crippen molar-refractivity contribution in [2.45, 2.75) is 52.6 Å². The molecule has 0 radical (unpaired) electrons. The molecule has 0 unspecified atom stereocenters. The first-order valence-corrected chi connectivity index (χ1v) is 8.43. The van der Waals surface area contributed by atoms with Crippen LogP contribution in [-0.4, -0.2) is 36.6 Å². The van der Waals surface area contributed by atoms with Crippen LogP contribution in [0.3, 0.4) is 0 Å². The van der Waals surface area contributed by atoms with Crippen LogP contribution < -0.4 is 15.5 Å². The number of nitrogens with zero attached hydrogens (tertiary/aromatic N) is 3. The smallest absolute Gasteiger partial charge is 0.191 e. The summed E-state index contributed by atoms with van der Waals surface area (Å²) in [5.41, 5.74) is 1.21. The normalized spacial score (nSPS) is 15.3. The van der Waals surface area contributed by atoms with Gasteiger partial charge in [0.05, 0.1) is 6.54 Å². The van der Waals surface area contributed by atoms with Gasteiger partial charge in [0.15, 0.2) is 5.96 Å². The van der Waals surface area contributed by atoms with Crippen LogP contribution >= 0.6 is 24.0 Å². The van der Waals surface area contributed by atoms with Gasteiger partial charge in [0.1, 0.15) is 5.82 Å². The number of hydrogen-bond donors (Lipinski definition) is 2. The zero-order valence-corrected chi connectivity index (χ0v) is 16.8. The molecule has 1 saturated heterocycles. The van der Waals surface area contributed by atoms with Gasteiger partial charge in [-0.2, -0.15) is 0 Å². The van der Waals surface area contributed by atoms with E-state index >= 15 is 0 Å². The van der Waals surface area contributed by atoms with Gasteiger partial charge >= 0.3 is 0 Å². The second-order valence-corrected chi connectivity index (χ2v) is 6.06. The molecule has 2 rings (SSSR count). The molecule has 130 valence electrons. The first kappa shape index (κ1) is 20.0. The van der Waals surface area contributed by atoms with E-state index in [1.165, 1.54) is 24.8 Å². The third-order valence-corrected chi connectivity index (χ3v) is 3.68. The van der Waals surface area contributed by atoms with Crippen molar-refractivity contribution in [2.75, 3.05) is 24.5 Å². The van der Waals surface area contributed by atoms with Crippen LogP contribution in [-0.2, 0) is 6.54 Å². The summed E-state index contributed by atoms with van der Waals surface area (Å²) in [6.45, 7) is 10.1. The standard InChI is InChI=1S/C17H29N5.HI/c1-4-18-17(21-14(2)3)20-13-15-8-9-19-16(12-15)22-10-6-5-7-11-22;/h8-9,12,14H,4-7,10-11,13H2,1-3H3,(H2,18,20,21);1H. The van der Waals surface area contributed by atoms with Crippen LogP contribution in [0.25, 0.3) is 0 Å². The number of aromatic nitrogens is 1. The van der Waals surface area contributed by atoms with E-state index in [4.69, 9.17) is 0 Å². The Morgan fingerprint density at radius 3 is 2.70 bits per heavy atom.